The number of rotatable bonds is 7. The molecule has 1 aliphatic rings. The van der Waals surface area contributed by atoms with E-state index in [1.165, 1.54) is 24.7 Å². The van der Waals surface area contributed by atoms with Crippen LogP contribution < -0.4 is 10.6 Å². The van der Waals surface area contributed by atoms with Crippen LogP contribution in [0.1, 0.15) is 41.8 Å². The topological polar surface area (TPSA) is 95.8 Å². The molecule has 0 radical (unpaired) electrons. The van der Waals surface area contributed by atoms with Crippen LogP contribution in [0.5, 0.6) is 0 Å². The highest BCUT2D eigenvalue weighted by molar-refractivity contribution is 5.87. The molecule has 2 heterocycles. The van der Waals surface area contributed by atoms with Crippen LogP contribution in [0, 0.1) is 5.41 Å². The van der Waals surface area contributed by atoms with E-state index in [9.17, 15) is 13.2 Å². The number of benzene rings is 2. The summed E-state index contributed by atoms with van der Waals surface area (Å²) in [7, 11) is 0. The average Bonchev–Trinajstić information content (AvgIpc) is 2.84. The van der Waals surface area contributed by atoms with Crippen molar-refractivity contribution in [2.75, 3.05) is 17.2 Å². The molecule has 0 aliphatic carbocycles. The van der Waals surface area contributed by atoms with Gasteiger partial charge in [0, 0.05) is 29.8 Å². The lowest BCUT2D eigenvalue weighted by Crippen LogP contribution is -2.27. The Labute approximate surface area is 194 Å². The molecule has 1 saturated heterocycles. The normalized spacial score (nSPS) is 16.4. The van der Waals surface area contributed by atoms with Crippen molar-refractivity contribution in [3.8, 4) is 0 Å². The summed E-state index contributed by atoms with van der Waals surface area (Å²) in [5, 5.41) is 14.0. The Morgan fingerprint density at radius 2 is 1.85 bits per heavy atom. The lowest BCUT2D eigenvalue weighted by Gasteiger charge is -2.25. The average molecular weight is 468 g/mol. The number of hydrogen-bond acceptors (Lipinski definition) is 7. The molecule has 1 aromatic heterocycles. The van der Waals surface area contributed by atoms with Crippen LogP contribution in [0.3, 0.4) is 0 Å². The second kappa shape index (κ2) is 10.4. The lowest BCUT2D eigenvalue weighted by molar-refractivity contribution is -0.137. The molecular weight excluding hydrogens is 445 g/mol. The summed E-state index contributed by atoms with van der Waals surface area (Å²) in [5.41, 5.74) is 2.12. The van der Waals surface area contributed by atoms with Gasteiger partial charge in [0.2, 0.25) is 5.95 Å². The Balaban J connectivity index is 1.43. The molecule has 3 N–H and O–H groups in total. The predicted molar refractivity (Wildman–Crippen MR) is 125 cm³/mol. The highest BCUT2D eigenvalue weighted by Crippen LogP contribution is 2.30. The first-order chi connectivity index (χ1) is 16.4. The van der Waals surface area contributed by atoms with Gasteiger partial charge >= 0.3 is 6.18 Å². The number of halogens is 3. The highest BCUT2D eigenvalue weighted by atomic mass is 19.4. The van der Waals surface area contributed by atoms with Gasteiger partial charge in [0.05, 0.1) is 5.56 Å². The molecule has 3 aromatic rings. The first kappa shape index (κ1) is 23.4. The Kier molecular flexibility index (Phi) is 7.17. The standard InChI is InChI=1S/C24H23F3N6O/c25-24(26,27)18-6-8-19(9-7-18)31-23-30-15-29-21(33-23)11-5-16-4-10-20(17(13-16)14-28)32-22-3-1-2-12-34-22/h4-11,13-15,22,28,32H,1-3,12H2,(H,29,30,31,33)/b11-5+,28-14?. The molecule has 1 aliphatic heterocycles. The van der Waals surface area contributed by atoms with Crippen LogP contribution in [0.2, 0.25) is 0 Å². The second-order valence-electron chi connectivity index (χ2n) is 7.69. The molecule has 2 aromatic carbocycles. The summed E-state index contributed by atoms with van der Waals surface area (Å²) in [5.74, 6) is 0.584. The van der Waals surface area contributed by atoms with Crippen LogP contribution in [-0.2, 0) is 10.9 Å². The molecule has 0 saturated carbocycles. The zero-order chi connectivity index (χ0) is 24.0. The number of hydrogen-bond donors (Lipinski definition) is 3. The summed E-state index contributed by atoms with van der Waals surface area (Å²) in [4.78, 5) is 12.4. The van der Waals surface area contributed by atoms with Gasteiger partial charge in [0.15, 0.2) is 5.82 Å². The number of anilines is 3. The van der Waals surface area contributed by atoms with Crippen LogP contribution in [0.25, 0.3) is 12.2 Å². The van der Waals surface area contributed by atoms with Gasteiger partial charge in [-0.25, -0.2) is 9.97 Å². The molecule has 34 heavy (non-hydrogen) atoms. The Hall–Kier alpha value is -3.79. The van der Waals surface area contributed by atoms with Crippen molar-refractivity contribution < 1.29 is 17.9 Å². The highest BCUT2D eigenvalue weighted by Gasteiger charge is 2.29. The Bertz CT molecular complexity index is 1160. The molecule has 0 spiro atoms. The van der Waals surface area contributed by atoms with Crippen molar-refractivity contribution in [2.24, 2.45) is 0 Å². The fourth-order valence-electron chi connectivity index (χ4n) is 3.46. The summed E-state index contributed by atoms with van der Waals surface area (Å²) >= 11 is 0. The third-order valence-corrected chi connectivity index (χ3v) is 5.21. The van der Waals surface area contributed by atoms with E-state index in [2.05, 4.69) is 25.6 Å². The van der Waals surface area contributed by atoms with Gasteiger partial charge in [-0.1, -0.05) is 12.1 Å². The van der Waals surface area contributed by atoms with Crippen molar-refractivity contribution in [1.29, 1.82) is 5.41 Å². The van der Waals surface area contributed by atoms with Gasteiger partial charge < -0.3 is 20.8 Å². The lowest BCUT2D eigenvalue weighted by atomic mass is 10.1. The second-order valence-corrected chi connectivity index (χ2v) is 7.69. The van der Waals surface area contributed by atoms with Gasteiger partial charge in [-0.15, -0.1) is 0 Å². The Morgan fingerprint density at radius 1 is 1.03 bits per heavy atom. The van der Waals surface area contributed by atoms with Crippen molar-refractivity contribution in [3.63, 3.8) is 0 Å². The van der Waals surface area contributed by atoms with Gasteiger partial charge in [0.1, 0.15) is 12.6 Å². The van der Waals surface area contributed by atoms with E-state index in [0.29, 0.717) is 11.5 Å². The molecule has 1 unspecified atom stereocenters. The van der Waals surface area contributed by atoms with Crippen molar-refractivity contribution in [2.45, 2.75) is 31.7 Å². The van der Waals surface area contributed by atoms with Gasteiger partial charge in [-0.05, 0) is 67.3 Å². The number of nitrogens with zero attached hydrogens (tertiary/aromatic N) is 3. The zero-order valence-corrected chi connectivity index (χ0v) is 18.1. The molecule has 0 bridgehead atoms. The fraction of sp³-hybridized carbons (Fsp3) is 0.250. The van der Waals surface area contributed by atoms with E-state index in [1.54, 1.807) is 6.08 Å². The summed E-state index contributed by atoms with van der Waals surface area (Å²) in [6, 6.07) is 10.3. The first-order valence-electron chi connectivity index (χ1n) is 10.7. The SMILES string of the molecule is N=Cc1cc(/C=C/c2ncnc(Nc3ccc(C(F)(F)F)cc3)n2)ccc1NC1CCCCO1. The maximum Gasteiger partial charge on any atom is 0.416 e. The third kappa shape index (κ3) is 6.16. The van der Waals surface area contributed by atoms with Gasteiger partial charge in [-0.3, -0.25) is 0 Å². The van der Waals surface area contributed by atoms with Crippen LogP contribution in [-0.4, -0.2) is 34.0 Å². The molecule has 1 atom stereocenters. The van der Waals surface area contributed by atoms with Crippen molar-refractivity contribution >= 4 is 35.7 Å². The maximum absolute atomic E-state index is 12.7. The molecular formula is C24H23F3N6O. The molecule has 0 amide bonds. The first-order valence-corrected chi connectivity index (χ1v) is 10.7. The molecule has 1 fully saturated rings. The third-order valence-electron chi connectivity index (χ3n) is 5.21. The Morgan fingerprint density at radius 3 is 2.56 bits per heavy atom. The maximum atomic E-state index is 12.7. The smallest absolute Gasteiger partial charge is 0.360 e. The summed E-state index contributed by atoms with van der Waals surface area (Å²) in [6.45, 7) is 0.736. The summed E-state index contributed by atoms with van der Waals surface area (Å²) in [6.07, 6.45) is 4.79. The zero-order valence-electron chi connectivity index (χ0n) is 18.1. The molecule has 176 valence electrons. The molecule has 10 heteroatoms. The number of ether oxygens (including phenoxy) is 1. The monoisotopic (exact) mass is 468 g/mol. The fourth-order valence-corrected chi connectivity index (χ4v) is 3.46. The number of nitrogens with one attached hydrogen (secondary N) is 3. The number of alkyl halides is 3. The van der Waals surface area contributed by atoms with Gasteiger partial charge in [0.25, 0.3) is 0 Å². The summed E-state index contributed by atoms with van der Waals surface area (Å²) < 4.78 is 43.9. The van der Waals surface area contributed by atoms with Crippen molar-refractivity contribution in [1.82, 2.24) is 15.0 Å². The van der Waals surface area contributed by atoms with Crippen LogP contribution in [0.15, 0.2) is 48.8 Å². The minimum atomic E-state index is -4.39. The molecule has 7 nitrogen and oxygen atoms in total. The molecule has 4 rings (SSSR count). The van der Waals surface area contributed by atoms with Crippen molar-refractivity contribution in [3.05, 3.63) is 71.3 Å². The quantitative estimate of drug-likeness (QED) is 0.383. The largest absolute Gasteiger partial charge is 0.416 e. The minimum absolute atomic E-state index is 0.0466. The van der Waals surface area contributed by atoms with E-state index in [0.717, 1.165) is 54.8 Å². The van der Waals surface area contributed by atoms with E-state index >= 15 is 0 Å². The predicted octanol–water partition coefficient (Wildman–Crippen LogP) is 5.74. The van der Waals surface area contributed by atoms with Gasteiger partial charge in [-0.2, -0.15) is 18.2 Å². The van der Waals surface area contributed by atoms with E-state index in [4.69, 9.17) is 10.1 Å². The van der Waals surface area contributed by atoms with Crippen LogP contribution >= 0.6 is 0 Å². The van der Waals surface area contributed by atoms with E-state index in [1.807, 2.05) is 24.3 Å². The minimum Gasteiger partial charge on any atom is -0.360 e. The number of aromatic nitrogens is 3. The van der Waals surface area contributed by atoms with Crippen LogP contribution in [0.4, 0.5) is 30.5 Å². The van der Waals surface area contributed by atoms with E-state index in [-0.39, 0.29) is 12.2 Å². The van der Waals surface area contributed by atoms with E-state index < -0.39 is 11.7 Å².